The van der Waals surface area contributed by atoms with Crippen LogP contribution in [0.15, 0.2) is 12.1 Å². The van der Waals surface area contributed by atoms with Crippen LogP contribution in [0, 0.1) is 9.39 Å². The van der Waals surface area contributed by atoms with Gasteiger partial charge in [-0.05, 0) is 41.6 Å². The number of hydrogen-bond acceptors (Lipinski definition) is 2. The van der Waals surface area contributed by atoms with E-state index < -0.39 is 5.82 Å². The lowest BCUT2D eigenvalue weighted by Gasteiger charge is -2.01. The molecule has 0 N–H and O–H groups in total. The minimum absolute atomic E-state index is 0.0721. The van der Waals surface area contributed by atoms with Crippen molar-refractivity contribution in [2.45, 2.75) is 6.92 Å². The van der Waals surface area contributed by atoms with Gasteiger partial charge in [-0.25, -0.2) is 4.39 Å². The second-order valence-electron chi connectivity index (χ2n) is 2.54. The fourth-order valence-electron chi connectivity index (χ4n) is 0.899. The van der Waals surface area contributed by atoms with E-state index in [9.17, 15) is 14.0 Å². The molecule has 0 aliphatic carbocycles. The number of halogens is 2. The Morgan fingerprint density at radius 2 is 2.15 bits per heavy atom. The molecule has 1 aromatic carbocycles. The van der Waals surface area contributed by atoms with Gasteiger partial charge in [-0.2, -0.15) is 0 Å². The average Bonchev–Trinajstić information content (AvgIpc) is 2.09. The maximum absolute atomic E-state index is 13.1. The summed E-state index contributed by atoms with van der Waals surface area (Å²) in [6.45, 7) is 1.37. The molecule has 0 fully saturated rings. The van der Waals surface area contributed by atoms with Gasteiger partial charge in [-0.1, -0.05) is 0 Å². The van der Waals surface area contributed by atoms with Crippen molar-refractivity contribution in [1.82, 2.24) is 0 Å². The van der Waals surface area contributed by atoms with E-state index in [-0.39, 0.29) is 14.9 Å². The smallest absolute Gasteiger partial charge is 0.159 e. The molecule has 0 amide bonds. The Hall–Kier alpha value is -0.780. The van der Waals surface area contributed by atoms with Crippen LogP contribution in [-0.2, 0) is 0 Å². The van der Waals surface area contributed by atoms with E-state index in [2.05, 4.69) is 0 Å². The highest BCUT2D eigenvalue weighted by molar-refractivity contribution is 14.1. The third-order valence-corrected chi connectivity index (χ3v) is 2.37. The number of benzene rings is 1. The summed E-state index contributed by atoms with van der Waals surface area (Å²) in [6, 6.07) is 2.68. The maximum Gasteiger partial charge on any atom is 0.159 e. The first-order valence-corrected chi connectivity index (χ1v) is 4.59. The molecule has 0 aromatic heterocycles. The predicted octanol–water partition coefficient (Wildman–Crippen LogP) is 2.45. The molecule has 0 aliphatic rings. The number of Topliss-reactive ketones (excluding diaryl/α,β-unsaturated/α-hetero) is 1. The van der Waals surface area contributed by atoms with Gasteiger partial charge in [0.25, 0.3) is 0 Å². The molecule has 0 unspecified atom stereocenters. The summed E-state index contributed by atoms with van der Waals surface area (Å²) < 4.78 is 13.4. The summed E-state index contributed by atoms with van der Waals surface area (Å²) in [5, 5.41) is 0. The van der Waals surface area contributed by atoms with E-state index >= 15 is 0 Å². The van der Waals surface area contributed by atoms with Crippen LogP contribution in [0.2, 0.25) is 0 Å². The summed E-state index contributed by atoms with van der Waals surface area (Å²) >= 11 is 1.75. The van der Waals surface area contributed by atoms with Gasteiger partial charge in [-0.15, -0.1) is 0 Å². The van der Waals surface area contributed by atoms with Crippen molar-refractivity contribution in [2.24, 2.45) is 0 Å². The van der Waals surface area contributed by atoms with Crippen LogP contribution >= 0.6 is 22.6 Å². The first-order chi connectivity index (χ1) is 6.06. The molecular formula is C9H6FIO2. The van der Waals surface area contributed by atoms with Gasteiger partial charge in [0.05, 0.1) is 9.13 Å². The topological polar surface area (TPSA) is 34.1 Å². The molecule has 1 aromatic rings. The number of carbonyl (C=O) groups excluding carboxylic acids is 2. The molecule has 0 aliphatic heterocycles. The highest BCUT2D eigenvalue weighted by atomic mass is 127. The minimum Gasteiger partial charge on any atom is -0.298 e. The first kappa shape index (κ1) is 10.3. The second kappa shape index (κ2) is 3.95. The molecule has 0 atom stereocenters. The molecule has 0 saturated carbocycles. The first-order valence-electron chi connectivity index (χ1n) is 3.51. The summed E-state index contributed by atoms with van der Waals surface area (Å²) in [5.74, 6) is -0.749. The molecule has 2 nitrogen and oxygen atoms in total. The van der Waals surface area contributed by atoms with Crippen LogP contribution < -0.4 is 0 Å². The van der Waals surface area contributed by atoms with Gasteiger partial charge in [0.15, 0.2) is 12.1 Å². The number of hydrogen-bond donors (Lipinski definition) is 0. The average molecular weight is 292 g/mol. The minimum atomic E-state index is -0.569. The van der Waals surface area contributed by atoms with Gasteiger partial charge in [0.1, 0.15) is 5.82 Å². The van der Waals surface area contributed by atoms with Crippen molar-refractivity contribution in [2.75, 3.05) is 0 Å². The second-order valence-corrected chi connectivity index (χ2v) is 3.70. The molecule has 4 heteroatoms. The van der Waals surface area contributed by atoms with E-state index in [1.807, 2.05) is 0 Å². The number of carbonyl (C=O) groups is 2. The molecular weight excluding hydrogens is 286 g/mol. The largest absolute Gasteiger partial charge is 0.298 e. The van der Waals surface area contributed by atoms with Crippen LogP contribution in [0.3, 0.4) is 0 Å². The lowest BCUT2D eigenvalue weighted by molar-refractivity contribution is 0.101. The van der Waals surface area contributed by atoms with Gasteiger partial charge in [0, 0.05) is 5.56 Å². The maximum atomic E-state index is 13.1. The zero-order valence-corrected chi connectivity index (χ0v) is 8.96. The third-order valence-electron chi connectivity index (χ3n) is 1.59. The fourth-order valence-corrected chi connectivity index (χ4v) is 1.55. The van der Waals surface area contributed by atoms with Crippen molar-refractivity contribution in [3.8, 4) is 0 Å². The normalized spacial score (nSPS) is 9.77. The highest BCUT2D eigenvalue weighted by Gasteiger charge is 2.10. The van der Waals surface area contributed by atoms with Crippen LogP contribution in [0.5, 0.6) is 0 Å². The summed E-state index contributed by atoms with van der Waals surface area (Å²) in [4.78, 5) is 21.3. The van der Waals surface area contributed by atoms with Crippen LogP contribution in [0.25, 0.3) is 0 Å². The molecule has 0 radical (unpaired) electrons. The van der Waals surface area contributed by atoms with Crippen molar-refractivity contribution >= 4 is 34.7 Å². The monoisotopic (exact) mass is 292 g/mol. The van der Waals surface area contributed by atoms with Crippen LogP contribution in [-0.4, -0.2) is 12.1 Å². The Morgan fingerprint density at radius 3 is 2.62 bits per heavy atom. The predicted molar refractivity (Wildman–Crippen MR) is 54.5 cm³/mol. The Balaban J connectivity index is 3.38. The Bertz CT molecular complexity index is 374. The quantitative estimate of drug-likeness (QED) is 0.476. The van der Waals surface area contributed by atoms with Crippen molar-refractivity contribution < 1.29 is 14.0 Å². The fraction of sp³-hybridized carbons (Fsp3) is 0.111. The molecule has 0 spiro atoms. The Labute approximate surface area is 88.3 Å². The van der Waals surface area contributed by atoms with Gasteiger partial charge < -0.3 is 0 Å². The standard InChI is InChI=1S/C9H6FIO2/c1-5(13)6-2-7(4-12)9(10)8(11)3-6/h2-4H,1H3. The SMILES string of the molecule is CC(=O)c1cc(I)c(F)c(C=O)c1. The van der Waals surface area contributed by atoms with E-state index in [0.717, 1.165) is 0 Å². The van der Waals surface area contributed by atoms with E-state index in [1.54, 1.807) is 22.6 Å². The summed E-state index contributed by atoms with van der Waals surface area (Å²) in [6.07, 6.45) is 0.407. The van der Waals surface area contributed by atoms with Crippen LogP contribution in [0.1, 0.15) is 27.6 Å². The molecule has 1 rings (SSSR count). The van der Waals surface area contributed by atoms with Crippen molar-refractivity contribution in [3.63, 3.8) is 0 Å². The van der Waals surface area contributed by atoms with Gasteiger partial charge in [-0.3, -0.25) is 9.59 Å². The van der Waals surface area contributed by atoms with Gasteiger partial charge in [0.2, 0.25) is 0 Å². The lowest BCUT2D eigenvalue weighted by atomic mass is 10.1. The number of aldehydes is 1. The van der Waals surface area contributed by atoms with E-state index in [4.69, 9.17) is 0 Å². The molecule has 0 bridgehead atoms. The zero-order chi connectivity index (χ0) is 10.0. The Kier molecular flexibility index (Phi) is 3.13. The van der Waals surface area contributed by atoms with Crippen molar-refractivity contribution in [3.05, 3.63) is 32.6 Å². The zero-order valence-electron chi connectivity index (χ0n) is 6.80. The van der Waals surface area contributed by atoms with Crippen molar-refractivity contribution in [1.29, 1.82) is 0 Å². The number of ketones is 1. The summed E-state index contributed by atoms with van der Waals surface area (Å²) in [5.41, 5.74) is 0.282. The molecule has 68 valence electrons. The molecule has 0 saturated heterocycles. The number of rotatable bonds is 2. The lowest BCUT2D eigenvalue weighted by Crippen LogP contribution is -1.99. The Morgan fingerprint density at radius 1 is 1.54 bits per heavy atom. The summed E-state index contributed by atoms with van der Waals surface area (Å²) in [7, 11) is 0. The molecule has 13 heavy (non-hydrogen) atoms. The van der Waals surface area contributed by atoms with E-state index in [1.165, 1.54) is 19.1 Å². The highest BCUT2D eigenvalue weighted by Crippen LogP contribution is 2.17. The van der Waals surface area contributed by atoms with Crippen LogP contribution in [0.4, 0.5) is 4.39 Å². The third kappa shape index (κ3) is 2.12. The van der Waals surface area contributed by atoms with Gasteiger partial charge >= 0.3 is 0 Å². The molecule has 0 heterocycles. The van der Waals surface area contributed by atoms with E-state index in [0.29, 0.717) is 11.8 Å².